The second-order valence-corrected chi connectivity index (χ2v) is 4.07. The van der Waals surface area contributed by atoms with E-state index in [0.29, 0.717) is 0 Å². The molecule has 0 bridgehead atoms. The molecule has 0 saturated carbocycles. The van der Waals surface area contributed by atoms with Gasteiger partial charge in [-0.05, 0) is 44.5 Å². The van der Waals surface area contributed by atoms with E-state index >= 15 is 0 Å². The molecule has 0 aliphatic rings. The summed E-state index contributed by atoms with van der Waals surface area (Å²) in [5, 5.41) is 0. The van der Waals surface area contributed by atoms with E-state index in [1.165, 1.54) is 12.1 Å². The first kappa shape index (κ1) is 11.0. The minimum atomic E-state index is -0.231. The third kappa shape index (κ3) is 3.36. The second-order valence-electron chi connectivity index (χ2n) is 4.07. The highest BCUT2D eigenvalue weighted by molar-refractivity contribution is 5.22. The van der Waals surface area contributed by atoms with Crippen molar-refractivity contribution in [2.24, 2.45) is 0 Å². The molecule has 0 aliphatic carbocycles. The smallest absolute Gasteiger partial charge is 0.123 e. The fraction of sp³-hybridized carbons (Fsp3) is 0.500. The third-order valence-corrected chi connectivity index (χ3v) is 2.06. The molecule has 0 aromatic heterocycles. The summed E-state index contributed by atoms with van der Waals surface area (Å²) in [7, 11) is 0. The van der Waals surface area contributed by atoms with Crippen molar-refractivity contribution in [1.82, 2.24) is 0 Å². The lowest BCUT2D eigenvalue weighted by atomic mass is 10.0. The van der Waals surface area contributed by atoms with E-state index < -0.39 is 0 Å². The molecule has 1 aromatic carbocycles. The van der Waals surface area contributed by atoms with E-state index in [0.717, 1.165) is 18.6 Å². The first-order valence-corrected chi connectivity index (χ1v) is 4.98. The molecule has 0 aliphatic heterocycles. The molecule has 0 unspecified atom stereocenters. The van der Waals surface area contributed by atoms with Crippen molar-refractivity contribution in [3.63, 3.8) is 0 Å². The van der Waals surface area contributed by atoms with Crippen LogP contribution in [0.3, 0.4) is 0 Å². The Bertz CT molecular complexity index is 277. The molecule has 2 heteroatoms. The second kappa shape index (κ2) is 4.45. The molecule has 78 valence electrons. The molecular weight excluding hydrogens is 179 g/mol. The Morgan fingerprint density at radius 3 is 2.29 bits per heavy atom. The van der Waals surface area contributed by atoms with E-state index in [1.807, 2.05) is 13.8 Å². The summed E-state index contributed by atoms with van der Waals surface area (Å²) < 4.78 is 18.3. The minimum absolute atomic E-state index is 0.174. The summed E-state index contributed by atoms with van der Waals surface area (Å²) in [6.45, 7) is 6.20. The van der Waals surface area contributed by atoms with Crippen LogP contribution in [0, 0.1) is 5.82 Å². The average Bonchev–Trinajstić information content (AvgIpc) is 2.08. The number of halogens is 1. The number of ether oxygens (including phenoxy) is 1. The van der Waals surface area contributed by atoms with Crippen LogP contribution in [0.25, 0.3) is 0 Å². The Hall–Kier alpha value is -1.05. The van der Waals surface area contributed by atoms with Crippen molar-refractivity contribution >= 4 is 0 Å². The van der Waals surface area contributed by atoms with Crippen LogP contribution in [0.2, 0.25) is 0 Å². The lowest BCUT2D eigenvalue weighted by Crippen LogP contribution is -2.27. The first-order valence-electron chi connectivity index (χ1n) is 4.98. The van der Waals surface area contributed by atoms with Gasteiger partial charge in [0.25, 0.3) is 0 Å². The first-order chi connectivity index (χ1) is 6.53. The molecular formula is C12H17FO. The number of hydrogen-bond acceptors (Lipinski definition) is 1. The Morgan fingerprint density at radius 2 is 1.79 bits per heavy atom. The maximum absolute atomic E-state index is 12.6. The van der Waals surface area contributed by atoms with Crippen LogP contribution in [-0.4, -0.2) is 5.60 Å². The lowest BCUT2D eigenvalue weighted by molar-refractivity contribution is 0.0985. The Labute approximate surface area is 84.9 Å². The zero-order valence-electron chi connectivity index (χ0n) is 9.01. The van der Waals surface area contributed by atoms with Crippen LogP contribution < -0.4 is 4.74 Å². The summed E-state index contributed by atoms with van der Waals surface area (Å²) in [5.74, 6) is 0.496. The molecule has 0 N–H and O–H groups in total. The monoisotopic (exact) mass is 196 g/mol. The summed E-state index contributed by atoms with van der Waals surface area (Å²) in [4.78, 5) is 0. The van der Waals surface area contributed by atoms with Gasteiger partial charge < -0.3 is 4.74 Å². The molecule has 1 nitrogen and oxygen atoms in total. The van der Waals surface area contributed by atoms with Gasteiger partial charge in [-0.25, -0.2) is 4.39 Å². The van der Waals surface area contributed by atoms with Gasteiger partial charge in [0.1, 0.15) is 17.2 Å². The van der Waals surface area contributed by atoms with Crippen LogP contribution in [-0.2, 0) is 0 Å². The van der Waals surface area contributed by atoms with Crippen LogP contribution in [0.5, 0.6) is 5.75 Å². The van der Waals surface area contributed by atoms with E-state index in [9.17, 15) is 4.39 Å². The lowest BCUT2D eigenvalue weighted by Gasteiger charge is -2.25. The zero-order chi connectivity index (χ0) is 10.6. The Balaban J connectivity index is 2.64. The maximum atomic E-state index is 12.6. The topological polar surface area (TPSA) is 9.23 Å². The molecule has 0 amide bonds. The van der Waals surface area contributed by atoms with Crippen LogP contribution in [0.1, 0.15) is 33.6 Å². The van der Waals surface area contributed by atoms with Gasteiger partial charge in [-0.1, -0.05) is 13.3 Å². The fourth-order valence-corrected chi connectivity index (χ4v) is 1.47. The van der Waals surface area contributed by atoms with Crippen molar-refractivity contribution in [2.45, 2.75) is 39.2 Å². The van der Waals surface area contributed by atoms with E-state index in [4.69, 9.17) is 4.74 Å². The Morgan fingerprint density at radius 1 is 1.21 bits per heavy atom. The van der Waals surface area contributed by atoms with E-state index in [-0.39, 0.29) is 11.4 Å². The summed E-state index contributed by atoms with van der Waals surface area (Å²) in [6.07, 6.45) is 2.07. The summed E-state index contributed by atoms with van der Waals surface area (Å²) in [6, 6.07) is 6.15. The van der Waals surface area contributed by atoms with Crippen LogP contribution in [0.4, 0.5) is 4.39 Å². The van der Waals surface area contributed by atoms with Gasteiger partial charge in [0.05, 0.1) is 0 Å². The normalized spacial score (nSPS) is 11.4. The minimum Gasteiger partial charge on any atom is -0.488 e. The van der Waals surface area contributed by atoms with Gasteiger partial charge in [-0.3, -0.25) is 0 Å². The predicted molar refractivity (Wildman–Crippen MR) is 56.0 cm³/mol. The van der Waals surface area contributed by atoms with E-state index in [1.54, 1.807) is 12.1 Å². The van der Waals surface area contributed by atoms with Gasteiger partial charge in [-0.15, -0.1) is 0 Å². The molecule has 14 heavy (non-hydrogen) atoms. The largest absolute Gasteiger partial charge is 0.488 e. The summed E-state index contributed by atoms with van der Waals surface area (Å²) in [5.41, 5.74) is -0.174. The quantitative estimate of drug-likeness (QED) is 0.712. The molecule has 0 radical (unpaired) electrons. The van der Waals surface area contributed by atoms with Crippen molar-refractivity contribution in [2.75, 3.05) is 0 Å². The van der Waals surface area contributed by atoms with Gasteiger partial charge in [0, 0.05) is 0 Å². The Kier molecular flexibility index (Phi) is 3.50. The fourth-order valence-electron chi connectivity index (χ4n) is 1.47. The SMILES string of the molecule is CCCC(C)(C)Oc1ccc(F)cc1. The average molecular weight is 196 g/mol. The molecule has 0 fully saturated rings. The molecule has 0 saturated heterocycles. The number of hydrogen-bond donors (Lipinski definition) is 0. The van der Waals surface area contributed by atoms with Gasteiger partial charge in [0.2, 0.25) is 0 Å². The molecule has 1 rings (SSSR count). The standard InChI is InChI=1S/C12H17FO/c1-4-9-12(2,3)14-11-7-5-10(13)6-8-11/h5-8H,4,9H2,1-3H3. The van der Waals surface area contributed by atoms with Gasteiger partial charge >= 0.3 is 0 Å². The number of rotatable bonds is 4. The van der Waals surface area contributed by atoms with Gasteiger partial charge in [-0.2, -0.15) is 0 Å². The zero-order valence-corrected chi connectivity index (χ0v) is 9.01. The van der Waals surface area contributed by atoms with Gasteiger partial charge in [0.15, 0.2) is 0 Å². The van der Waals surface area contributed by atoms with Crippen molar-refractivity contribution in [3.05, 3.63) is 30.1 Å². The number of benzene rings is 1. The molecule has 1 aromatic rings. The van der Waals surface area contributed by atoms with Crippen molar-refractivity contribution < 1.29 is 9.13 Å². The van der Waals surface area contributed by atoms with E-state index in [2.05, 4.69) is 6.92 Å². The van der Waals surface area contributed by atoms with Crippen LogP contribution in [0.15, 0.2) is 24.3 Å². The van der Waals surface area contributed by atoms with Crippen LogP contribution >= 0.6 is 0 Å². The molecule has 0 spiro atoms. The van der Waals surface area contributed by atoms with Crippen molar-refractivity contribution in [3.8, 4) is 5.75 Å². The molecule has 0 atom stereocenters. The summed E-state index contributed by atoms with van der Waals surface area (Å²) >= 11 is 0. The highest BCUT2D eigenvalue weighted by atomic mass is 19.1. The highest BCUT2D eigenvalue weighted by Gasteiger charge is 2.17. The predicted octanol–water partition coefficient (Wildman–Crippen LogP) is 3.78. The highest BCUT2D eigenvalue weighted by Crippen LogP contribution is 2.22. The third-order valence-electron chi connectivity index (χ3n) is 2.06. The maximum Gasteiger partial charge on any atom is 0.123 e. The molecule has 0 heterocycles. The van der Waals surface area contributed by atoms with Crippen molar-refractivity contribution in [1.29, 1.82) is 0 Å².